The van der Waals surface area contributed by atoms with Crippen LogP contribution in [0.15, 0.2) is 4.99 Å². The van der Waals surface area contributed by atoms with Crippen LogP contribution in [0.2, 0.25) is 0 Å². The number of aryl methyl sites for hydroxylation is 1. The third kappa shape index (κ3) is 8.11. The van der Waals surface area contributed by atoms with E-state index in [2.05, 4.69) is 36.4 Å². The number of nitrogens with zero attached hydrogens (tertiary/aromatic N) is 6. The zero-order chi connectivity index (χ0) is 20.7. The molecule has 0 spiro atoms. The second-order valence-corrected chi connectivity index (χ2v) is 8.43. The van der Waals surface area contributed by atoms with Gasteiger partial charge in [-0.15, -0.1) is 24.0 Å². The molecule has 0 atom stereocenters. The van der Waals surface area contributed by atoms with E-state index >= 15 is 0 Å². The van der Waals surface area contributed by atoms with E-state index in [0.717, 1.165) is 49.5 Å². The van der Waals surface area contributed by atoms with Crippen LogP contribution in [0, 0.1) is 0 Å². The molecule has 11 heteroatoms. The SMILES string of the molecule is CCc1nsc(N2CCN(C(=NC)NCCN(C)C(=O)OC(C)(C)C)CC2)n1.I. The molecule has 0 bridgehead atoms. The van der Waals surface area contributed by atoms with E-state index in [4.69, 9.17) is 4.74 Å². The van der Waals surface area contributed by atoms with Crippen LogP contribution >= 0.6 is 35.5 Å². The minimum atomic E-state index is -0.487. The van der Waals surface area contributed by atoms with E-state index in [1.54, 1.807) is 19.0 Å². The van der Waals surface area contributed by atoms with Crippen LogP contribution in [0.3, 0.4) is 0 Å². The third-order valence-corrected chi connectivity index (χ3v) is 5.09. The fourth-order valence-electron chi connectivity index (χ4n) is 2.73. The number of likely N-dealkylation sites (N-methyl/N-ethyl adjacent to an activating group) is 1. The average Bonchev–Trinajstić information content (AvgIpc) is 3.13. The predicted molar refractivity (Wildman–Crippen MR) is 129 cm³/mol. The fourth-order valence-corrected chi connectivity index (χ4v) is 3.53. The Hall–Kier alpha value is -1.37. The second kappa shape index (κ2) is 11.7. The van der Waals surface area contributed by atoms with Crippen molar-refractivity contribution in [2.45, 2.75) is 39.7 Å². The topological polar surface area (TPSA) is 86.2 Å². The van der Waals surface area contributed by atoms with E-state index in [0.29, 0.717) is 13.1 Å². The van der Waals surface area contributed by atoms with Crippen LogP contribution in [0.4, 0.5) is 9.93 Å². The first-order chi connectivity index (χ1) is 13.2. The molecule has 2 heterocycles. The minimum absolute atomic E-state index is 0. The normalized spacial score (nSPS) is 15.0. The Kier molecular flexibility index (Phi) is 10.4. The summed E-state index contributed by atoms with van der Waals surface area (Å²) in [6.07, 6.45) is 0.548. The summed E-state index contributed by atoms with van der Waals surface area (Å²) in [7, 11) is 3.52. The van der Waals surface area contributed by atoms with Gasteiger partial charge >= 0.3 is 6.09 Å². The zero-order valence-corrected chi connectivity index (χ0v) is 21.4. The van der Waals surface area contributed by atoms with E-state index in [1.165, 1.54) is 11.5 Å². The highest BCUT2D eigenvalue weighted by Crippen LogP contribution is 2.19. The number of aromatic nitrogens is 2. The molecule has 1 aliphatic heterocycles. The summed E-state index contributed by atoms with van der Waals surface area (Å²) in [5.74, 6) is 1.76. The number of carbonyl (C=O) groups excluding carboxylic acids is 1. The average molecular weight is 539 g/mol. The lowest BCUT2D eigenvalue weighted by Gasteiger charge is -2.36. The van der Waals surface area contributed by atoms with Crippen LogP contribution in [-0.4, -0.2) is 90.2 Å². The molecule has 1 saturated heterocycles. The number of guanidine groups is 1. The molecular weight excluding hydrogens is 505 g/mol. The molecule has 1 fully saturated rings. The van der Waals surface area contributed by atoms with E-state index in [-0.39, 0.29) is 30.1 Å². The van der Waals surface area contributed by atoms with Gasteiger partial charge in [-0.05, 0) is 20.8 Å². The van der Waals surface area contributed by atoms with Gasteiger partial charge in [0.25, 0.3) is 0 Å². The van der Waals surface area contributed by atoms with Crippen LogP contribution in [0.25, 0.3) is 0 Å². The number of hydrogen-bond acceptors (Lipinski definition) is 7. The number of halogens is 1. The maximum Gasteiger partial charge on any atom is 0.410 e. The molecular formula is C18H34IN7O2S. The molecule has 1 N–H and O–H groups in total. The summed E-state index contributed by atoms with van der Waals surface area (Å²) in [5.41, 5.74) is -0.487. The van der Waals surface area contributed by atoms with Gasteiger partial charge in [-0.3, -0.25) is 4.99 Å². The van der Waals surface area contributed by atoms with Crippen molar-refractivity contribution in [2.75, 3.05) is 58.3 Å². The first-order valence-electron chi connectivity index (χ1n) is 9.70. The van der Waals surface area contributed by atoms with Crippen LogP contribution in [-0.2, 0) is 11.2 Å². The predicted octanol–water partition coefficient (Wildman–Crippen LogP) is 2.28. The maximum absolute atomic E-state index is 12.0. The Balaban J connectivity index is 0.00000420. The molecule has 9 nitrogen and oxygen atoms in total. The molecule has 1 aliphatic rings. The summed E-state index contributed by atoms with van der Waals surface area (Å²) < 4.78 is 9.74. The molecule has 29 heavy (non-hydrogen) atoms. The summed E-state index contributed by atoms with van der Waals surface area (Å²) >= 11 is 1.47. The van der Waals surface area contributed by atoms with Crippen molar-refractivity contribution in [1.29, 1.82) is 0 Å². The van der Waals surface area contributed by atoms with Crippen LogP contribution < -0.4 is 10.2 Å². The first kappa shape index (κ1) is 25.7. The lowest BCUT2D eigenvalue weighted by atomic mass is 10.2. The highest BCUT2D eigenvalue weighted by atomic mass is 127. The third-order valence-electron chi connectivity index (χ3n) is 4.27. The molecule has 166 valence electrons. The Bertz CT molecular complexity index is 669. The van der Waals surface area contributed by atoms with Crippen molar-refractivity contribution >= 4 is 52.7 Å². The Morgan fingerprint density at radius 2 is 1.97 bits per heavy atom. The number of carbonyl (C=O) groups is 1. The van der Waals surface area contributed by atoms with Crippen molar-refractivity contribution in [3.63, 3.8) is 0 Å². The standard InChI is InChI=1S/C18H33N7O2S.HI/c1-7-14-21-16(28-22-14)25-12-10-24(11-13-25)15(19-5)20-8-9-23(6)17(26)27-18(2,3)4;/h7-13H2,1-6H3,(H,19,20);1H. The lowest BCUT2D eigenvalue weighted by Crippen LogP contribution is -2.53. The van der Waals surface area contributed by atoms with Crippen molar-refractivity contribution in [3.8, 4) is 0 Å². The van der Waals surface area contributed by atoms with Crippen molar-refractivity contribution in [2.24, 2.45) is 4.99 Å². The molecule has 0 aromatic carbocycles. The number of rotatable bonds is 5. The summed E-state index contributed by atoms with van der Waals surface area (Å²) in [4.78, 5) is 27.0. The second-order valence-electron chi connectivity index (χ2n) is 7.70. The molecule has 1 aromatic heterocycles. The number of ether oxygens (including phenoxy) is 1. The number of amides is 1. The van der Waals surface area contributed by atoms with E-state index in [1.807, 2.05) is 20.8 Å². The molecule has 0 aliphatic carbocycles. The monoisotopic (exact) mass is 539 g/mol. The van der Waals surface area contributed by atoms with Gasteiger partial charge in [0, 0.05) is 71.3 Å². The molecule has 0 unspecified atom stereocenters. The molecule has 0 radical (unpaired) electrons. The van der Waals surface area contributed by atoms with E-state index < -0.39 is 5.60 Å². The highest BCUT2D eigenvalue weighted by molar-refractivity contribution is 14.0. The van der Waals surface area contributed by atoms with Gasteiger partial charge in [0.2, 0.25) is 5.13 Å². The number of hydrogen-bond donors (Lipinski definition) is 1. The number of anilines is 1. The van der Waals surface area contributed by atoms with Gasteiger partial charge < -0.3 is 24.8 Å². The molecule has 0 saturated carbocycles. The molecule has 1 amide bonds. The number of nitrogens with one attached hydrogen (secondary N) is 1. The Labute approximate surface area is 195 Å². The van der Waals surface area contributed by atoms with Crippen molar-refractivity contribution in [1.82, 2.24) is 24.5 Å². The summed E-state index contributed by atoms with van der Waals surface area (Å²) in [6, 6.07) is 0. The molecule has 1 aromatic rings. The minimum Gasteiger partial charge on any atom is -0.444 e. The summed E-state index contributed by atoms with van der Waals surface area (Å²) in [6.45, 7) is 12.3. The highest BCUT2D eigenvalue weighted by Gasteiger charge is 2.23. The number of aliphatic imine (C=N–C) groups is 1. The van der Waals surface area contributed by atoms with Crippen molar-refractivity contribution < 1.29 is 9.53 Å². The van der Waals surface area contributed by atoms with Gasteiger partial charge in [-0.1, -0.05) is 6.92 Å². The van der Waals surface area contributed by atoms with E-state index in [9.17, 15) is 4.79 Å². The zero-order valence-electron chi connectivity index (χ0n) is 18.3. The van der Waals surface area contributed by atoms with Gasteiger partial charge in [-0.25, -0.2) is 9.78 Å². The van der Waals surface area contributed by atoms with Gasteiger partial charge in [-0.2, -0.15) is 4.37 Å². The Morgan fingerprint density at radius 3 is 2.48 bits per heavy atom. The van der Waals surface area contributed by atoms with Crippen molar-refractivity contribution in [3.05, 3.63) is 5.82 Å². The largest absolute Gasteiger partial charge is 0.444 e. The number of piperazine rings is 1. The lowest BCUT2D eigenvalue weighted by molar-refractivity contribution is 0.0302. The van der Waals surface area contributed by atoms with Crippen LogP contribution in [0.1, 0.15) is 33.5 Å². The first-order valence-corrected chi connectivity index (χ1v) is 10.5. The molecule has 2 rings (SSSR count). The van der Waals surface area contributed by atoms with Crippen LogP contribution in [0.5, 0.6) is 0 Å². The fraction of sp³-hybridized carbons (Fsp3) is 0.778. The quantitative estimate of drug-likeness (QED) is 0.349. The Morgan fingerprint density at radius 1 is 1.31 bits per heavy atom. The van der Waals surface area contributed by atoms with Gasteiger partial charge in [0.15, 0.2) is 5.96 Å². The maximum atomic E-state index is 12.0. The van der Waals surface area contributed by atoms with Gasteiger partial charge in [0.05, 0.1) is 0 Å². The van der Waals surface area contributed by atoms with Gasteiger partial charge in [0.1, 0.15) is 11.4 Å². The smallest absolute Gasteiger partial charge is 0.410 e. The summed E-state index contributed by atoms with van der Waals surface area (Å²) in [5, 5.41) is 4.34.